The van der Waals surface area contributed by atoms with Crippen molar-refractivity contribution >= 4 is 27.3 Å². The zero-order valence-electron chi connectivity index (χ0n) is 11.5. The van der Waals surface area contributed by atoms with E-state index in [-0.39, 0.29) is 11.9 Å². The second kappa shape index (κ2) is 7.91. The fraction of sp³-hybridized carbons (Fsp3) is 0.375. The van der Waals surface area contributed by atoms with Crippen molar-refractivity contribution in [1.29, 1.82) is 0 Å². The molecule has 0 radical (unpaired) electrons. The Labute approximate surface area is 132 Å². The molecule has 1 aromatic heterocycles. The van der Waals surface area contributed by atoms with Crippen LogP contribution in [0, 0.1) is 5.82 Å². The van der Waals surface area contributed by atoms with Gasteiger partial charge in [-0.05, 0) is 52.2 Å². The Morgan fingerprint density at radius 1 is 1.20 bits per heavy atom. The first kappa shape index (κ1) is 15.7. The summed E-state index contributed by atoms with van der Waals surface area (Å²) < 4.78 is 14.2. The molecule has 0 spiro atoms. The quantitative estimate of drug-likeness (QED) is 0.674. The Bertz CT molecular complexity index is 524. The van der Waals surface area contributed by atoms with Gasteiger partial charge >= 0.3 is 0 Å². The Morgan fingerprint density at radius 3 is 2.55 bits per heavy atom. The van der Waals surface area contributed by atoms with Crippen molar-refractivity contribution in [2.24, 2.45) is 0 Å². The van der Waals surface area contributed by atoms with E-state index in [1.165, 1.54) is 29.9 Å². The molecule has 1 atom stereocenters. The third-order valence-electron chi connectivity index (χ3n) is 3.27. The minimum absolute atomic E-state index is 0.176. The van der Waals surface area contributed by atoms with E-state index < -0.39 is 0 Å². The lowest BCUT2D eigenvalue weighted by atomic mass is 10.0. The number of rotatable bonds is 7. The summed E-state index contributed by atoms with van der Waals surface area (Å²) in [5, 5.41) is 3.59. The van der Waals surface area contributed by atoms with Gasteiger partial charge in [0, 0.05) is 17.5 Å². The van der Waals surface area contributed by atoms with Crippen molar-refractivity contribution in [2.45, 2.75) is 38.8 Å². The van der Waals surface area contributed by atoms with Crippen LogP contribution in [0.5, 0.6) is 0 Å². The van der Waals surface area contributed by atoms with Crippen LogP contribution in [0.1, 0.15) is 42.7 Å². The van der Waals surface area contributed by atoms with Crippen LogP contribution in [0.4, 0.5) is 4.39 Å². The fourth-order valence-corrected chi connectivity index (χ4v) is 3.59. The molecule has 0 aliphatic carbocycles. The van der Waals surface area contributed by atoms with E-state index in [4.69, 9.17) is 0 Å². The third kappa shape index (κ3) is 4.69. The molecule has 0 fully saturated rings. The predicted octanol–water partition coefficient (Wildman–Crippen LogP) is 5.67. The van der Waals surface area contributed by atoms with Gasteiger partial charge in [0.25, 0.3) is 0 Å². The highest BCUT2D eigenvalue weighted by atomic mass is 79.9. The molecule has 1 aromatic carbocycles. The number of halogens is 2. The smallest absolute Gasteiger partial charge is 0.123 e. The highest BCUT2D eigenvalue weighted by Crippen LogP contribution is 2.24. The second-order valence-electron chi connectivity index (χ2n) is 4.83. The number of benzene rings is 1. The topological polar surface area (TPSA) is 12.0 Å². The minimum atomic E-state index is -0.176. The van der Waals surface area contributed by atoms with Crippen LogP contribution in [0.15, 0.2) is 40.2 Å². The molecule has 0 bridgehead atoms. The van der Waals surface area contributed by atoms with Crippen molar-refractivity contribution in [3.05, 3.63) is 56.4 Å². The zero-order chi connectivity index (χ0) is 14.4. The van der Waals surface area contributed by atoms with Gasteiger partial charge in [-0.2, -0.15) is 0 Å². The maximum atomic E-state index is 13.0. The summed E-state index contributed by atoms with van der Waals surface area (Å²) in [7, 11) is 0. The van der Waals surface area contributed by atoms with Crippen LogP contribution in [0.2, 0.25) is 0 Å². The van der Waals surface area contributed by atoms with Crippen LogP contribution in [-0.2, 0) is 6.54 Å². The lowest BCUT2D eigenvalue weighted by Crippen LogP contribution is -2.20. The van der Waals surface area contributed by atoms with Crippen molar-refractivity contribution in [3.8, 4) is 0 Å². The molecule has 0 aliphatic heterocycles. The highest BCUT2D eigenvalue weighted by Gasteiger charge is 2.11. The van der Waals surface area contributed by atoms with Crippen LogP contribution >= 0.6 is 27.3 Å². The van der Waals surface area contributed by atoms with Gasteiger partial charge in [0.05, 0.1) is 3.79 Å². The van der Waals surface area contributed by atoms with Gasteiger partial charge in [-0.15, -0.1) is 11.3 Å². The lowest BCUT2D eigenvalue weighted by Gasteiger charge is -2.18. The summed E-state index contributed by atoms with van der Waals surface area (Å²) in [4.78, 5) is 1.31. The van der Waals surface area contributed by atoms with Crippen LogP contribution in [0.3, 0.4) is 0 Å². The molecule has 1 heterocycles. The predicted molar refractivity (Wildman–Crippen MR) is 87.5 cm³/mol. The summed E-state index contributed by atoms with van der Waals surface area (Å²) >= 11 is 5.23. The fourth-order valence-electron chi connectivity index (χ4n) is 2.16. The Balaban J connectivity index is 2.01. The molecule has 4 heteroatoms. The van der Waals surface area contributed by atoms with Gasteiger partial charge in [0.1, 0.15) is 5.82 Å². The maximum absolute atomic E-state index is 13.0. The molecule has 1 unspecified atom stereocenters. The van der Waals surface area contributed by atoms with Gasteiger partial charge in [-0.3, -0.25) is 0 Å². The monoisotopic (exact) mass is 355 g/mol. The summed E-state index contributed by atoms with van der Waals surface area (Å²) in [6.45, 7) is 3.04. The number of nitrogens with one attached hydrogen (secondary N) is 1. The highest BCUT2D eigenvalue weighted by molar-refractivity contribution is 9.11. The number of hydrogen-bond donors (Lipinski definition) is 1. The molecule has 0 saturated carbocycles. The van der Waals surface area contributed by atoms with E-state index in [1.54, 1.807) is 11.3 Å². The van der Waals surface area contributed by atoms with Crippen molar-refractivity contribution < 1.29 is 4.39 Å². The van der Waals surface area contributed by atoms with Crippen molar-refractivity contribution in [2.75, 3.05) is 0 Å². The van der Waals surface area contributed by atoms with Crippen molar-refractivity contribution in [3.63, 3.8) is 0 Å². The normalized spacial score (nSPS) is 12.6. The summed E-state index contributed by atoms with van der Waals surface area (Å²) in [6.07, 6.45) is 3.42. The second-order valence-corrected chi connectivity index (χ2v) is 7.38. The molecule has 1 nitrogen and oxygen atoms in total. The number of unbranched alkanes of at least 4 members (excludes halogenated alkanes) is 1. The third-order valence-corrected chi connectivity index (χ3v) is 4.89. The molecule has 0 aliphatic rings. The molecule has 0 amide bonds. The molecule has 1 N–H and O–H groups in total. The van der Waals surface area contributed by atoms with Gasteiger partial charge < -0.3 is 5.32 Å². The van der Waals surface area contributed by atoms with E-state index in [0.29, 0.717) is 0 Å². The van der Waals surface area contributed by atoms with E-state index in [1.807, 2.05) is 12.1 Å². The average molecular weight is 356 g/mol. The van der Waals surface area contributed by atoms with Gasteiger partial charge in [-0.1, -0.05) is 31.9 Å². The van der Waals surface area contributed by atoms with Crippen LogP contribution in [-0.4, -0.2) is 0 Å². The average Bonchev–Trinajstić information content (AvgIpc) is 2.86. The van der Waals surface area contributed by atoms with E-state index in [0.717, 1.165) is 22.3 Å². The van der Waals surface area contributed by atoms with E-state index in [9.17, 15) is 4.39 Å². The van der Waals surface area contributed by atoms with E-state index >= 15 is 0 Å². The summed E-state index contributed by atoms with van der Waals surface area (Å²) in [5.74, 6) is -0.176. The van der Waals surface area contributed by atoms with Crippen LogP contribution < -0.4 is 5.32 Å². The molecular weight excluding hydrogens is 337 g/mol. The van der Waals surface area contributed by atoms with Gasteiger partial charge in [0.2, 0.25) is 0 Å². The zero-order valence-corrected chi connectivity index (χ0v) is 13.9. The molecular formula is C16H19BrFNS. The first-order valence-corrected chi connectivity index (χ1v) is 8.53. The van der Waals surface area contributed by atoms with Gasteiger partial charge in [0.15, 0.2) is 0 Å². The van der Waals surface area contributed by atoms with E-state index in [2.05, 4.69) is 40.3 Å². The van der Waals surface area contributed by atoms with Gasteiger partial charge in [-0.25, -0.2) is 4.39 Å². The molecule has 108 valence electrons. The number of thiophene rings is 1. The molecule has 2 aromatic rings. The Morgan fingerprint density at radius 2 is 1.95 bits per heavy atom. The molecule has 20 heavy (non-hydrogen) atoms. The first-order valence-electron chi connectivity index (χ1n) is 6.92. The maximum Gasteiger partial charge on any atom is 0.123 e. The summed E-state index contributed by atoms with van der Waals surface area (Å²) in [5.41, 5.74) is 1.16. The lowest BCUT2D eigenvalue weighted by molar-refractivity contribution is 0.482. The standard InChI is InChI=1S/C16H19BrFNS/c1-2-3-4-15(12-5-7-13(18)8-6-12)19-11-14-9-10-16(17)20-14/h5-10,15,19H,2-4,11H2,1H3. The van der Waals surface area contributed by atoms with Crippen molar-refractivity contribution in [1.82, 2.24) is 5.32 Å². The Hall–Kier alpha value is -0.710. The molecule has 2 rings (SSSR count). The SMILES string of the molecule is CCCCC(NCc1ccc(Br)s1)c1ccc(F)cc1. The first-order chi connectivity index (χ1) is 9.69. The Kier molecular flexibility index (Phi) is 6.20. The van der Waals surface area contributed by atoms with Crippen LogP contribution in [0.25, 0.3) is 0 Å². The summed E-state index contributed by atoms with van der Waals surface area (Å²) in [6, 6.07) is 11.3. The molecule has 0 saturated heterocycles. The largest absolute Gasteiger partial charge is 0.305 e. The number of hydrogen-bond acceptors (Lipinski definition) is 2. The minimum Gasteiger partial charge on any atom is -0.305 e.